The topological polar surface area (TPSA) is 131 Å². The third-order valence-corrected chi connectivity index (χ3v) is 6.68. The fourth-order valence-electron chi connectivity index (χ4n) is 4.27. The summed E-state index contributed by atoms with van der Waals surface area (Å²) in [5.74, 6) is -0.798. The van der Waals surface area contributed by atoms with Crippen molar-refractivity contribution in [1.29, 1.82) is 0 Å². The molecule has 0 spiro atoms. The Morgan fingerprint density at radius 2 is 1.77 bits per heavy atom. The summed E-state index contributed by atoms with van der Waals surface area (Å²) in [7, 11) is 4.36. The number of alkyl carbamates (subject to hydrolysis) is 1. The summed E-state index contributed by atoms with van der Waals surface area (Å²) in [6, 6.07) is 4.28. The van der Waals surface area contributed by atoms with E-state index < -0.39 is 23.5 Å². The van der Waals surface area contributed by atoms with Crippen molar-refractivity contribution in [1.82, 2.24) is 10.2 Å². The number of phenols is 1. The molecule has 2 N–H and O–H groups in total. The van der Waals surface area contributed by atoms with E-state index in [2.05, 4.69) is 10.1 Å². The Balaban J connectivity index is 0.000000454. The summed E-state index contributed by atoms with van der Waals surface area (Å²) in [5.41, 5.74) is 0.230. The molecule has 2 aliphatic rings. The maximum atomic E-state index is 12.2. The van der Waals surface area contributed by atoms with Gasteiger partial charge in [0, 0.05) is 23.6 Å². The molecule has 10 nitrogen and oxygen atoms in total. The Hall–Kier alpha value is -3.14. The summed E-state index contributed by atoms with van der Waals surface area (Å²) in [6.07, 6.45) is 5.67. The molecule has 0 bridgehead atoms. The Kier molecular flexibility index (Phi) is 13.4. The maximum absolute atomic E-state index is 12.2. The van der Waals surface area contributed by atoms with Crippen molar-refractivity contribution < 1.29 is 38.5 Å². The lowest BCUT2D eigenvalue weighted by atomic mass is 9.93. The van der Waals surface area contributed by atoms with E-state index in [0.717, 1.165) is 32.0 Å². The summed E-state index contributed by atoms with van der Waals surface area (Å²) in [5, 5.41) is 12.6. The highest BCUT2D eigenvalue weighted by atomic mass is 16.6. The zero-order valence-electron chi connectivity index (χ0n) is 24.7. The molecule has 1 aromatic carbocycles. The fraction of sp³-hybridized carbons (Fsp3) is 0.655. The van der Waals surface area contributed by atoms with Crippen LogP contribution in [0, 0.1) is 0 Å². The summed E-state index contributed by atoms with van der Waals surface area (Å²) < 4.78 is 14.6. The molecule has 1 atom stereocenters. The van der Waals surface area contributed by atoms with Crippen LogP contribution in [0.4, 0.5) is 4.79 Å². The number of nitrogens with one attached hydrogen (secondary N) is 1. The molecule has 0 radical (unpaired) electrons. The lowest BCUT2D eigenvalue weighted by Crippen LogP contribution is -2.46. The number of hydrogen-bond acceptors (Lipinski definition) is 9. The minimum absolute atomic E-state index is 0.0597. The standard InChI is InChI=1S/C18H23NO6.C9H17NO2.C2H6/c1-19(15(17(23)25-3)6-7-16(22)24-2)18(8-9-18)14-10-13(21)5-4-12(14)11-20;1-9(2,3)12-8(11)10-7-5-4-6-7;1-2/h4-5,10-11,15,21H,6-9H2,1-3H3;7H,4-6H2,1-3H3,(H,10,11);1-2H3. The minimum atomic E-state index is -0.659. The number of aldehydes is 1. The van der Waals surface area contributed by atoms with Crippen LogP contribution in [0.5, 0.6) is 5.75 Å². The van der Waals surface area contributed by atoms with Crippen LogP contribution in [0.25, 0.3) is 0 Å². The molecule has 0 saturated heterocycles. The van der Waals surface area contributed by atoms with E-state index in [0.29, 0.717) is 17.2 Å². The number of carbonyl (C=O) groups excluding carboxylic acids is 4. The zero-order chi connectivity index (χ0) is 29.8. The number of carbonyl (C=O) groups is 4. The molecule has 0 aliphatic heterocycles. The number of ether oxygens (including phenoxy) is 3. The Bertz CT molecular complexity index is 965. The molecule has 0 heterocycles. The first kappa shape index (κ1) is 33.9. The highest BCUT2D eigenvalue weighted by molar-refractivity contribution is 5.80. The molecule has 1 aromatic rings. The quantitative estimate of drug-likeness (QED) is 0.255. The van der Waals surface area contributed by atoms with E-state index in [9.17, 15) is 24.3 Å². The van der Waals surface area contributed by atoms with Gasteiger partial charge in [-0.3, -0.25) is 19.3 Å². The molecule has 2 saturated carbocycles. The number of methoxy groups -OCH3 is 2. The lowest BCUT2D eigenvalue weighted by molar-refractivity contribution is -0.149. The first-order valence-corrected chi connectivity index (χ1v) is 13.5. The maximum Gasteiger partial charge on any atom is 0.407 e. The summed E-state index contributed by atoms with van der Waals surface area (Å²) >= 11 is 0. The van der Waals surface area contributed by atoms with Gasteiger partial charge in [0.2, 0.25) is 0 Å². The van der Waals surface area contributed by atoms with Gasteiger partial charge < -0.3 is 24.6 Å². The highest BCUT2D eigenvalue weighted by Crippen LogP contribution is 2.53. The Morgan fingerprint density at radius 3 is 2.21 bits per heavy atom. The number of benzene rings is 1. The van der Waals surface area contributed by atoms with Gasteiger partial charge in [0.25, 0.3) is 0 Å². The van der Waals surface area contributed by atoms with E-state index in [4.69, 9.17) is 9.47 Å². The molecule has 3 rings (SSSR count). The molecule has 2 fully saturated rings. The molecule has 10 heteroatoms. The molecular formula is C29H46N2O8. The van der Waals surface area contributed by atoms with Gasteiger partial charge in [-0.05, 0) is 90.1 Å². The van der Waals surface area contributed by atoms with E-state index in [1.165, 1.54) is 26.7 Å². The van der Waals surface area contributed by atoms with Crippen LogP contribution in [-0.2, 0) is 29.3 Å². The smallest absolute Gasteiger partial charge is 0.407 e. The van der Waals surface area contributed by atoms with Crippen LogP contribution in [-0.4, -0.2) is 73.3 Å². The average molecular weight is 551 g/mol. The first-order chi connectivity index (χ1) is 18.4. The average Bonchev–Trinajstić information content (AvgIpc) is 3.68. The van der Waals surface area contributed by atoms with Gasteiger partial charge in [-0.15, -0.1) is 0 Å². The van der Waals surface area contributed by atoms with Crippen molar-refractivity contribution in [2.45, 2.75) is 103 Å². The Morgan fingerprint density at radius 1 is 1.15 bits per heavy atom. The number of aromatic hydroxyl groups is 1. The molecule has 1 unspecified atom stereocenters. The van der Waals surface area contributed by atoms with Gasteiger partial charge in [0.1, 0.15) is 23.7 Å². The van der Waals surface area contributed by atoms with Gasteiger partial charge in [-0.2, -0.15) is 0 Å². The number of amides is 1. The van der Waals surface area contributed by atoms with Crippen molar-refractivity contribution in [2.75, 3.05) is 21.3 Å². The monoisotopic (exact) mass is 550 g/mol. The number of nitrogens with zero attached hydrogens (tertiary/aromatic N) is 1. The van der Waals surface area contributed by atoms with Crippen molar-refractivity contribution in [2.24, 2.45) is 0 Å². The van der Waals surface area contributed by atoms with Crippen molar-refractivity contribution in [3.63, 3.8) is 0 Å². The van der Waals surface area contributed by atoms with Gasteiger partial charge in [-0.25, -0.2) is 4.79 Å². The van der Waals surface area contributed by atoms with Crippen molar-refractivity contribution >= 4 is 24.3 Å². The van der Waals surface area contributed by atoms with E-state index in [1.807, 2.05) is 39.5 Å². The fourth-order valence-corrected chi connectivity index (χ4v) is 4.27. The van der Waals surface area contributed by atoms with Gasteiger partial charge >= 0.3 is 18.0 Å². The predicted octanol–water partition coefficient (Wildman–Crippen LogP) is 4.71. The normalized spacial score (nSPS) is 16.1. The van der Waals surface area contributed by atoms with E-state index in [-0.39, 0.29) is 30.3 Å². The third-order valence-electron chi connectivity index (χ3n) is 6.68. The molecular weight excluding hydrogens is 504 g/mol. The largest absolute Gasteiger partial charge is 0.508 e. The summed E-state index contributed by atoms with van der Waals surface area (Å²) in [6.45, 7) is 9.61. The molecule has 1 amide bonds. The van der Waals surface area contributed by atoms with Crippen LogP contribution >= 0.6 is 0 Å². The molecule has 220 valence electrons. The summed E-state index contributed by atoms with van der Waals surface area (Å²) in [4.78, 5) is 48.1. The first-order valence-electron chi connectivity index (χ1n) is 13.5. The number of likely N-dealkylation sites (N-methyl/N-ethyl adjacent to an activating group) is 1. The van der Waals surface area contributed by atoms with Crippen molar-refractivity contribution in [3.05, 3.63) is 29.3 Å². The second-order valence-corrected chi connectivity index (χ2v) is 10.5. The van der Waals surface area contributed by atoms with E-state index >= 15 is 0 Å². The Labute approximate surface area is 232 Å². The van der Waals surface area contributed by atoms with Gasteiger partial charge in [-0.1, -0.05) is 13.8 Å². The van der Waals surface area contributed by atoms with Crippen molar-refractivity contribution in [3.8, 4) is 5.75 Å². The van der Waals surface area contributed by atoms with Crippen LogP contribution in [0.15, 0.2) is 18.2 Å². The second-order valence-electron chi connectivity index (χ2n) is 10.5. The number of hydrogen-bond donors (Lipinski definition) is 2. The SMILES string of the molecule is CC.CC(C)(C)OC(=O)NC1CCC1.COC(=O)CCC(C(=O)OC)N(C)C1(c2cc(O)ccc2C=O)CC1. The molecule has 0 aromatic heterocycles. The van der Waals surface area contributed by atoms with Crippen LogP contribution < -0.4 is 5.32 Å². The van der Waals surface area contributed by atoms with Gasteiger partial charge in [0.15, 0.2) is 0 Å². The van der Waals surface area contributed by atoms with Gasteiger partial charge in [0.05, 0.1) is 14.2 Å². The second kappa shape index (κ2) is 15.5. The van der Waals surface area contributed by atoms with Crippen LogP contribution in [0.1, 0.15) is 95.5 Å². The highest BCUT2D eigenvalue weighted by Gasteiger charge is 2.52. The minimum Gasteiger partial charge on any atom is -0.508 e. The van der Waals surface area contributed by atoms with Crippen LogP contribution in [0.3, 0.4) is 0 Å². The number of esters is 2. The molecule has 2 aliphatic carbocycles. The third kappa shape index (κ3) is 10.2. The molecule has 39 heavy (non-hydrogen) atoms. The number of phenolic OH excluding ortho intramolecular Hbond substituents is 1. The van der Waals surface area contributed by atoms with Crippen LogP contribution in [0.2, 0.25) is 0 Å². The predicted molar refractivity (Wildman–Crippen MR) is 148 cm³/mol. The van der Waals surface area contributed by atoms with E-state index in [1.54, 1.807) is 19.2 Å². The zero-order valence-corrected chi connectivity index (χ0v) is 24.7. The number of rotatable bonds is 9. The lowest BCUT2D eigenvalue weighted by Gasteiger charge is -2.34.